The van der Waals surface area contributed by atoms with Gasteiger partial charge in [-0.1, -0.05) is 12.1 Å². The number of anilines is 1. The fourth-order valence-electron chi connectivity index (χ4n) is 5.27. The Labute approximate surface area is 218 Å². The molecule has 3 heterocycles. The van der Waals surface area contributed by atoms with E-state index in [0.29, 0.717) is 11.9 Å². The van der Waals surface area contributed by atoms with Crippen LogP contribution < -0.4 is 4.90 Å². The molecule has 7 heteroatoms. The van der Waals surface area contributed by atoms with Gasteiger partial charge in [0.1, 0.15) is 17.3 Å². The van der Waals surface area contributed by atoms with Crippen LogP contribution in [0.3, 0.4) is 0 Å². The van der Waals surface area contributed by atoms with Crippen LogP contribution in [-0.2, 0) is 6.42 Å². The van der Waals surface area contributed by atoms with Gasteiger partial charge < -0.3 is 15.1 Å². The number of fused-ring (bicyclic) bond motifs is 2. The minimum atomic E-state index is -0.375. The summed E-state index contributed by atoms with van der Waals surface area (Å²) < 4.78 is 13.9. The molecule has 0 saturated carbocycles. The molecule has 1 atom stereocenters. The van der Waals surface area contributed by atoms with Crippen molar-refractivity contribution >= 4 is 22.5 Å². The Morgan fingerprint density at radius 3 is 2.68 bits per heavy atom. The first-order valence-corrected chi connectivity index (χ1v) is 12.3. The van der Waals surface area contributed by atoms with Gasteiger partial charge in [0.25, 0.3) is 5.91 Å². The predicted octanol–water partition coefficient (Wildman–Crippen LogP) is 6.49. The molecule has 38 heavy (non-hydrogen) atoms. The number of hydrogen-bond acceptors (Lipinski definition) is 5. The van der Waals surface area contributed by atoms with Crippen molar-refractivity contribution in [3.8, 4) is 22.8 Å². The third kappa shape index (κ3) is 4.12. The number of carbonyl (C=O) groups excluding carboxylic acids is 1. The molecule has 0 bridgehead atoms. The number of aromatic hydroxyl groups is 2. The number of benzene rings is 3. The van der Waals surface area contributed by atoms with Crippen molar-refractivity contribution in [2.75, 3.05) is 4.90 Å². The maximum atomic E-state index is 13.9. The van der Waals surface area contributed by atoms with Gasteiger partial charge >= 0.3 is 0 Å². The molecule has 0 radical (unpaired) electrons. The van der Waals surface area contributed by atoms with Gasteiger partial charge in [-0.3, -0.25) is 9.78 Å². The minimum Gasteiger partial charge on any atom is -0.508 e. The highest BCUT2D eigenvalue weighted by molar-refractivity contribution is 6.09. The van der Waals surface area contributed by atoms with E-state index in [0.717, 1.165) is 51.5 Å². The van der Waals surface area contributed by atoms with Crippen LogP contribution in [0.5, 0.6) is 11.5 Å². The number of aromatic nitrogens is 2. The van der Waals surface area contributed by atoms with Crippen molar-refractivity contribution in [2.45, 2.75) is 25.8 Å². The minimum absolute atomic E-state index is 0.0997. The van der Waals surface area contributed by atoms with Crippen LogP contribution in [0.2, 0.25) is 0 Å². The zero-order valence-corrected chi connectivity index (χ0v) is 20.6. The van der Waals surface area contributed by atoms with Crippen LogP contribution in [0, 0.1) is 12.7 Å². The van der Waals surface area contributed by atoms with E-state index in [1.807, 2.05) is 43.3 Å². The topological polar surface area (TPSA) is 86.6 Å². The number of phenolic OH excluding ortho intramolecular Hbond substituents is 2. The molecule has 6 rings (SSSR count). The summed E-state index contributed by atoms with van der Waals surface area (Å²) in [6, 6.07) is 19.9. The quantitative estimate of drug-likeness (QED) is 0.293. The summed E-state index contributed by atoms with van der Waals surface area (Å²) in [7, 11) is 0. The molecule has 3 aromatic carbocycles. The van der Waals surface area contributed by atoms with E-state index in [4.69, 9.17) is 4.98 Å². The highest BCUT2D eigenvalue weighted by Gasteiger charge is 2.34. The van der Waals surface area contributed by atoms with Gasteiger partial charge in [0, 0.05) is 41.2 Å². The van der Waals surface area contributed by atoms with Gasteiger partial charge in [-0.15, -0.1) is 0 Å². The molecule has 188 valence electrons. The average Bonchev–Trinajstić information content (AvgIpc) is 2.92. The zero-order valence-electron chi connectivity index (χ0n) is 20.6. The van der Waals surface area contributed by atoms with E-state index in [9.17, 15) is 19.4 Å². The Hall–Kier alpha value is -4.78. The Morgan fingerprint density at radius 1 is 1.03 bits per heavy atom. The molecular weight excluding hydrogens is 481 g/mol. The molecule has 0 fully saturated rings. The molecule has 1 unspecified atom stereocenters. The van der Waals surface area contributed by atoms with Crippen molar-refractivity contribution in [2.24, 2.45) is 0 Å². The molecule has 1 amide bonds. The van der Waals surface area contributed by atoms with Crippen molar-refractivity contribution in [3.63, 3.8) is 0 Å². The van der Waals surface area contributed by atoms with Crippen LogP contribution in [0.4, 0.5) is 10.1 Å². The summed E-state index contributed by atoms with van der Waals surface area (Å²) >= 11 is 0. The highest BCUT2D eigenvalue weighted by atomic mass is 19.1. The van der Waals surface area contributed by atoms with Gasteiger partial charge in [-0.2, -0.15) is 0 Å². The molecule has 1 aliphatic heterocycles. The molecule has 0 saturated heterocycles. The average molecular weight is 506 g/mol. The monoisotopic (exact) mass is 505 g/mol. The summed E-state index contributed by atoms with van der Waals surface area (Å²) in [6.45, 7) is 1.98. The normalized spacial score (nSPS) is 14.9. The van der Waals surface area contributed by atoms with Gasteiger partial charge in [-0.05, 0) is 85.0 Å². The smallest absolute Gasteiger partial charge is 0.262 e. The van der Waals surface area contributed by atoms with E-state index >= 15 is 0 Å². The van der Waals surface area contributed by atoms with Crippen molar-refractivity contribution in [3.05, 3.63) is 113 Å². The number of phenols is 2. The number of amides is 1. The predicted molar refractivity (Wildman–Crippen MR) is 144 cm³/mol. The van der Waals surface area contributed by atoms with E-state index in [1.165, 1.54) is 24.3 Å². The van der Waals surface area contributed by atoms with Crippen molar-refractivity contribution < 1.29 is 19.4 Å². The molecule has 0 aliphatic carbocycles. The first-order valence-electron chi connectivity index (χ1n) is 12.3. The number of pyridine rings is 2. The fraction of sp³-hybridized carbons (Fsp3) is 0.129. The third-order valence-electron chi connectivity index (χ3n) is 7.08. The van der Waals surface area contributed by atoms with Gasteiger partial charge in [0.05, 0.1) is 22.8 Å². The lowest BCUT2D eigenvalue weighted by atomic mass is 9.89. The van der Waals surface area contributed by atoms with E-state index in [1.54, 1.807) is 23.4 Å². The largest absolute Gasteiger partial charge is 0.508 e. The number of halogens is 1. The second-order valence-corrected chi connectivity index (χ2v) is 9.55. The first kappa shape index (κ1) is 23.6. The van der Waals surface area contributed by atoms with Gasteiger partial charge in [0.2, 0.25) is 0 Å². The molecule has 2 aromatic heterocycles. The lowest BCUT2D eigenvalue weighted by molar-refractivity contribution is 0.0970. The number of aryl methyl sites for hydroxylation is 2. The number of nitrogens with zero attached hydrogens (tertiary/aromatic N) is 3. The molecule has 6 nitrogen and oxygen atoms in total. The third-order valence-corrected chi connectivity index (χ3v) is 7.08. The van der Waals surface area contributed by atoms with Crippen molar-refractivity contribution in [1.82, 2.24) is 9.97 Å². The van der Waals surface area contributed by atoms with Crippen LogP contribution in [0.25, 0.3) is 22.2 Å². The Bertz CT molecular complexity index is 1700. The summed E-state index contributed by atoms with van der Waals surface area (Å²) in [5, 5.41) is 21.1. The SMILES string of the molecule is Cc1cc2ccc(F)cc2nc1-c1ccc2c(c1)CCC(c1cccnc1)N2C(=O)c1ccc(O)cc1O. The lowest BCUT2D eigenvalue weighted by Crippen LogP contribution is -2.38. The maximum Gasteiger partial charge on any atom is 0.262 e. The lowest BCUT2D eigenvalue weighted by Gasteiger charge is -2.38. The molecule has 1 aliphatic rings. The van der Waals surface area contributed by atoms with Crippen molar-refractivity contribution in [1.29, 1.82) is 0 Å². The summed E-state index contributed by atoms with van der Waals surface area (Å²) in [6.07, 6.45) is 4.81. The Balaban J connectivity index is 1.47. The van der Waals surface area contributed by atoms with Crippen LogP contribution in [0.1, 0.15) is 39.5 Å². The second kappa shape index (κ2) is 9.27. The molecule has 0 spiro atoms. The zero-order chi connectivity index (χ0) is 26.4. The molecule has 5 aromatic rings. The van der Waals surface area contributed by atoms with Crippen LogP contribution >= 0.6 is 0 Å². The summed E-state index contributed by atoms with van der Waals surface area (Å²) in [5.41, 5.74) is 5.88. The molecule has 2 N–H and O–H groups in total. The van der Waals surface area contributed by atoms with Gasteiger partial charge in [0.15, 0.2) is 0 Å². The van der Waals surface area contributed by atoms with Crippen LogP contribution in [0.15, 0.2) is 85.2 Å². The summed E-state index contributed by atoms with van der Waals surface area (Å²) in [4.78, 5) is 24.6. The number of carbonyl (C=O) groups is 1. The van der Waals surface area contributed by atoms with E-state index in [-0.39, 0.29) is 34.8 Å². The Morgan fingerprint density at radius 2 is 1.89 bits per heavy atom. The fourth-order valence-corrected chi connectivity index (χ4v) is 5.27. The number of hydrogen-bond donors (Lipinski definition) is 2. The van der Waals surface area contributed by atoms with Gasteiger partial charge in [-0.25, -0.2) is 9.37 Å². The first-order chi connectivity index (χ1) is 18.4. The van der Waals surface area contributed by atoms with E-state index in [2.05, 4.69) is 4.98 Å². The molecular formula is C31H24FN3O3. The van der Waals surface area contributed by atoms with Crippen LogP contribution in [-0.4, -0.2) is 26.1 Å². The highest BCUT2D eigenvalue weighted by Crippen LogP contribution is 2.42. The Kier molecular flexibility index (Phi) is 5.76. The maximum absolute atomic E-state index is 13.9. The number of rotatable bonds is 3. The summed E-state index contributed by atoms with van der Waals surface area (Å²) in [5.74, 6) is -1.12. The standard InChI is InChI=1S/C31H24FN3O3/c1-18-13-19-4-7-23(32)15-26(19)34-30(18)21-6-11-27-20(14-21)5-10-28(22-3-2-12-33-17-22)35(27)31(38)25-9-8-24(36)16-29(25)37/h2-4,6-9,11-17,28,36-37H,5,10H2,1H3. The van der Waals surface area contributed by atoms with E-state index < -0.39 is 0 Å². The second-order valence-electron chi connectivity index (χ2n) is 9.55.